The number of halogens is 1. The summed E-state index contributed by atoms with van der Waals surface area (Å²) in [5, 5.41) is 15.2. The molecule has 1 aliphatic carbocycles. The number of hydrogen-bond donors (Lipinski definition) is 1. The van der Waals surface area contributed by atoms with Crippen LogP contribution in [0.5, 0.6) is 5.75 Å². The molecule has 4 rings (SSSR count). The molecule has 0 atom stereocenters. The number of amides is 1. The summed E-state index contributed by atoms with van der Waals surface area (Å²) < 4.78 is 7.38. The van der Waals surface area contributed by atoms with Crippen molar-refractivity contribution >= 4 is 46.3 Å². The predicted molar refractivity (Wildman–Crippen MR) is 123 cm³/mol. The van der Waals surface area contributed by atoms with Gasteiger partial charge in [-0.3, -0.25) is 4.79 Å². The number of thioether (sulfide) groups is 1. The minimum Gasteiger partial charge on any atom is -0.495 e. The summed E-state index contributed by atoms with van der Waals surface area (Å²) in [4.78, 5) is 14.0. The van der Waals surface area contributed by atoms with Gasteiger partial charge in [-0.25, -0.2) is 0 Å². The van der Waals surface area contributed by atoms with Gasteiger partial charge in [-0.2, -0.15) is 0 Å². The highest BCUT2D eigenvalue weighted by Crippen LogP contribution is 2.37. The normalized spacial score (nSPS) is 13.2. The summed E-state index contributed by atoms with van der Waals surface area (Å²) in [6.07, 6.45) is 4.76. The van der Waals surface area contributed by atoms with Crippen molar-refractivity contribution in [2.75, 3.05) is 18.2 Å². The average Bonchev–Trinajstić information content (AvgIpc) is 3.35. The second kappa shape index (κ2) is 9.41. The molecule has 1 amide bonds. The van der Waals surface area contributed by atoms with Crippen LogP contribution in [0.4, 0.5) is 5.69 Å². The lowest BCUT2D eigenvalue weighted by molar-refractivity contribution is -0.113. The topological polar surface area (TPSA) is 69.0 Å². The Kier molecular flexibility index (Phi) is 6.65. The average molecular weight is 463 g/mol. The number of methoxy groups -OCH3 is 1. The van der Waals surface area contributed by atoms with Crippen LogP contribution in [0.25, 0.3) is 11.4 Å². The van der Waals surface area contributed by atoms with Crippen molar-refractivity contribution < 1.29 is 9.53 Å². The van der Waals surface area contributed by atoms with Gasteiger partial charge in [0.15, 0.2) is 11.0 Å². The fourth-order valence-electron chi connectivity index (χ4n) is 3.66. The van der Waals surface area contributed by atoms with Crippen molar-refractivity contribution in [2.45, 2.75) is 44.3 Å². The predicted octanol–water partition coefficient (Wildman–Crippen LogP) is 5.30. The van der Waals surface area contributed by atoms with Gasteiger partial charge in [-0.05, 0) is 56.4 Å². The lowest BCUT2D eigenvalue weighted by atomic mass is 9.96. The van der Waals surface area contributed by atoms with Gasteiger partial charge < -0.3 is 14.6 Å². The molecule has 30 heavy (non-hydrogen) atoms. The Morgan fingerprint density at radius 3 is 2.97 bits per heavy atom. The molecule has 158 valence electrons. The van der Waals surface area contributed by atoms with Crippen LogP contribution in [-0.2, 0) is 24.2 Å². The summed E-state index contributed by atoms with van der Waals surface area (Å²) in [5.41, 5.74) is 3.18. The summed E-state index contributed by atoms with van der Waals surface area (Å²) in [6.45, 7) is 2.83. The van der Waals surface area contributed by atoms with Crippen molar-refractivity contribution in [1.29, 1.82) is 0 Å². The zero-order valence-corrected chi connectivity index (χ0v) is 19.3. The lowest BCUT2D eigenvalue weighted by Gasteiger charge is -2.13. The number of carbonyl (C=O) groups excluding carboxylic acids is 1. The Morgan fingerprint density at radius 2 is 2.17 bits per heavy atom. The molecule has 1 aliphatic rings. The molecule has 2 aromatic heterocycles. The SMILES string of the molecule is CCn1c(SCC(=O)Nc2cc(Cl)ccc2OC)nnc1-c1csc2c1CCCC2. The van der Waals surface area contributed by atoms with E-state index in [1.54, 1.807) is 25.3 Å². The second-order valence-electron chi connectivity index (χ2n) is 6.99. The summed E-state index contributed by atoms with van der Waals surface area (Å²) in [6, 6.07) is 5.13. The molecule has 0 bridgehead atoms. The van der Waals surface area contributed by atoms with Gasteiger partial charge in [0, 0.05) is 27.4 Å². The number of fused-ring (bicyclic) bond motifs is 1. The third-order valence-corrected chi connectivity index (χ3v) is 7.39. The van der Waals surface area contributed by atoms with Gasteiger partial charge in [0.2, 0.25) is 5.91 Å². The molecule has 1 N–H and O–H groups in total. The Morgan fingerprint density at radius 1 is 1.33 bits per heavy atom. The highest BCUT2D eigenvalue weighted by atomic mass is 35.5. The van der Waals surface area contributed by atoms with E-state index in [0.717, 1.165) is 30.4 Å². The Bertz CT molecular complexity index is 1060. The standard InChI is InChI=1S/C21H23ClN4O2S2/c1-3-26-20(15-11-29-18-7-5-4-6-14(15)18)24-25-21(26)30-12-19(27)23-16-10-13(22)8-9-17(16)28-2/h8-11H,3-7,12H2,1-2H3,(H,23,27). The van der Waals surface area contributed by atoms with Gasteiger partial charge in [0.05, 0.1) is 18.6 Å². The number of nitrogens with one attached hydrogen (secondary N) is 1. The molecule has 0 spiro atoms. The molecule has 0 aliphatic heterocycles. The van der Waals surface area contributed by atoms with Crippen LogP contribution in [-0.4, -0.2) is 33.5 Å². The second-order valence-corrected chi connectivity index (χ2v) is 9.33. The van der Waals surface area contributed by atoms with Crippen molar-refractivity contribution in [3.8, 4) is 17.1 Å². The quantitative estimate of drug-likeness (QED) is 0.482. The molecule has 3 aromatic rings. The van der Waals surface area contributed by atoms with Gasteiger partial charge in [0.25, 0.3) is 0 Å². The minimum atomic E-state index is -0.152. The zero-order valence-electron chi connectivity index (χ0n) is 16.9. The van der Waals surface area contributed by atoms with Crippen LogP contribution in [0.1, 0.15) is 30.2 Å². The number of aryl methyl sites for hydroxylation is 1. The van der Waals surface area contributed by atoms with E-state index >= 15 is 0 Å². The Hall–Kier alpha value is -2.03. The smallest absolute Gasteiger partial charge is 0.234 e. The molecule has 9 heteroatoms. The molecule has 0 saturated carbocycles. The number of thiophene rings is 1. The molecule has 0 unspecified atom stereocenters. The van der Waals surface area contributed by atoms with Crippen molar-refractivity contribution in [1.82, 2.24) is 14.8 Å². The van der Waals surface area contributed by atoms with Crippen LogP contribution >= 0.6 is 34.7 Å². The number of ether oxygens (including phenoxy) is 1. The van der Waals surface area contributed by atoms with Crippen molar-refractivity contribution in [2.24, 2.45) is 0 Å². The number of nitrogens with zero attached hydrogens (tertiary/aromatic N) is 3. The third-order valence-electron chi connectivity index (χ3n) is 5.10. The van der Waals surface area contributed by atoms with Gasteiger partial charge in [-0.15, -0.1) is 21.5 Å². The monoisotopic (exact) mass is 462 g/mol. The highest BCUT2D eigenvalue weighted by Gasteiger charge is 2.22. The van der Waals surface area contributed by atoms with Crippen LogP contribution < -0.4 is 10.1 Å². The van der Waals surface area contributed by atoms with E-state index < -0.39 is 0 Å². The fourth-order valence-corrected chi connectivity index (χ4v) is 5.75. The van der Waals surface area contributed by atoms with Gasteiger partial charge in [-0.1, -0.05) is 23.4 Å². The summed E-state index contributed by atoms with van der Waals surface area (Å²) in [5.74, 6) is 1.53. The first-order chi connectivity index (χ1) is 14.6. The Balaban J connectivity index is 1.48. The maximum atomic E-state index is 12.5. The number of hydrogen-bond acceptors (Lipinski definition) is 6. The number of aromatic nitrogens is 3. The maximum Gasteiger partial charge on any atom is 0.234 e. The zero-order chi connectivity index (χ0) is 21.1. The van der Waals surface area contributed by atoms with Gasteiger partial charge >= 0.3 is 0 Å². The molecule has 0 saturated heterocycles. The first-order valence-electron chi connectivity index (χ1n) is 9.89. The van der Waals surface area contributed by atoms with E-state index in [-0.39, 0.29) is 11.7 Å². The third kappa shape index (κ3) is 4.36. The van der Waals surface area contributed by atoms with E-state index in [1.165, 1.54) is 40.6 Å². The first kappa shape index (κ1) is 21.2. The van der Waals surface area contributed by atoms with Crippen LogP contribution in [0, 0.1) is 0 Å². The molecule has 1 aromatic carbocycles. The number of carbonyl (C=O) groups is 1. The molecule has 0 fully saturated rings. The minimum absolute atomic E-state index is 0.152. The van der Waals surface area contributed by atoms with Crippen LogP contribution in [0.3, 0.4) is 0 Å². The molecule has 0 radical (unpaired) electrons. The van der Waals surface area contributed by atoms with Crippen molar-refractivity contribution in [3.05, 3.63) is 39.0 Å². The molecular formula is C21H23ClN4O2S2. The van der Waals surface area contributed by atoms with E-state index in [1.807, 2.05) is 11.3 Å². The van der Waals surface area contributed by atoms with Crippen molar-refractivity contribution in [3.63, 3.8) is 0 Å². The van der Waals surface area contributed by atoms with Crippen LogP contribution in [0.2, 0.25) is 5.02 Å². The number of benzene rings is 1. The fraction of sp³-hybridized carbons (Fsp3) is 0.381. The van der Waals surface area contributed by atoms with Gasteiger partial charge in [0.1, 0.15) is 5.75 Å². The number of anilines is 1. The van der Waals surface area contributed by atoms with Crippen LogP contribution in [0.15, 0.2) is 28.7 Å². The lowest BCUT2D eigenvalue weighted by Crippen LogP contribution is -2.15. The molecular weight excluding hydrogens is 440 g/mol. The van der Waals surface area contributed by atoms with E-state index in [4.69, 9.17) is 16.3 Å². The molecule has 2 heterocycles. The summed E-state index contributed by atoms with van der Waals surface area (Å²) >= 11 is 9.24. The molecule has 6 nitrogen and oxygen atoms in total. The Labute approximate surface area is 189 Å². The number of rotatable bonds is 7. The van der Waals surface area contributed by atoms with E-state index in [9.17, 15) is 4.79 Å². The van der Waals surface area contributed by atoms with E-state index in [0.29, 0.717) is 16.5 Å². The highest BCUT2D eigenvalue weighted by molar-refractivity contribution is 7.99. The largest absolute Gasteiger partial charge is 0.495 e. The van der Waals surface area contributed by atoms with E-state index in [2.05, 4.69) is 32.4 Å². The summed E-state index contributed by atoms with van der Waals surface area (Å²) in [7, 11) is 1.56. The maximum absolute atomic E-state index is 12.5. The first-order valence-corrected chi connectivity index (χ1v) is 12.1.